The van der Waals surface area contributed by atoms with Gasteiger partial charge in [0.05, 0.1) is 21.7 Å². The third-order valence-corrected chi connectivity index (χ3v) is 6.28. The number of aryl methyl sites for hydroxylation is 2. The lowest BCUT2D eigenvalue weighted by molar-refractivity contribution is -0.384. The minimum absolute atomic E-state index is 0.0942. The first-order valence-corrected chi connectivity index (χ1v) is 11.4. The number of carbonyl (C=O) groups excluding carboxylic acids is 3. The Balaban J connectivity index is 1.38. The molecule has 2 amide bonds. The normalized spacial score (nSPS) is 12.4. The van der Waals surface area contributed by atoms with Gasteiger partial charge in [-0.2, -0.15) is 0 Å². The van der Waals surface area contributed by atoms with Crippen LogP contribution in [0.25, 0.3) is 0 Å². The van der Waals surface area contributed by atoms with E-state index in [0.29, 0.717) is 17.2 Å². The van der Waals surface area contributed by atoms with Gasteiger partial charge in [0.15, 0.2) is 5.78 Å². The molecule has 182 valence electrons. The van der Waals surface area contributed by atoms with Crippen molar-refractivity contribution in [1.29, 1.82) is 0 Å². The molecular weight excluding hydrogens is 472 g/mol. The van der Waals surface area contributed by atoms with Crippen LogP contribution in [0.3, 0.4) is 0 Å². The first-order chi connectivity index (χ1) is 17.7. The monoisotopic (exact) mass is 492 g/mol. The number of ether oxygens (including phenoxy) is 1. The molecule has 0 unspecified atom stereocenters. The highest BCUT2D eigenvalue weighted by Crippen LogP contribution is 2.32. The van der Waals surface area contributed by atoms with Gasteiger partial charge in [0, 0.05) is 23.3 Å². The Morgan fingerprint density at radius 1 is 0.757 bits per heavy atom. The minimum atomic E-state index is -0.586. The smallest absolute Gasteiger partial charge is 0.270 e. The van der Waals surface area contributed by atoms with Crippen LogP contribution in [0.2, 0.25) is 0 Å². The van der Waals surface area contributed by atoms with Gasteiger partial charge in [-0.3, -0.25) is 24.5 Å². The second-order valence-corrected chi connectivity index (χ2v) is 8.68. The number of imide groups is 1. The summed E-state index contributed by atoms with van der Waals surface area (Å²) in [4.78, 5) is 50.7. The molecule has 0 N–H and O–H groups in total. The first-order valence-electron chi connectivity index (χ1n) is 11.4. The molecule has 8 heteroatoms. The van der Waals surface area contributed by atoms with Gasteiger partial charge < -0.3 is 4.74 Å². The zero-order chi connectivity index (χ0) is 26.3. The van der Waals surface area contributed by atoms with Crippen molar-refractivity contribution in [3.63, 3.8) is 0 Å². The number of amides is 2. The van der Waals surface area contributed by atoms with Crippen molar-refractivity contribution >= 4 is 29.0 Å². The van der Waals surface area contributed by atoms with Gasteiger partial charge in [-0.15, -0.1) is 0 Å². The van der Waals surface area contributed by atoms with Crippen LogP contribution in [0.15, 0.2) is 84.9 Å². The molecule has 0 atom stereocenters. The Morgan fingerprint density at radius 2 is 1.43 bits per heavy atom. The van der Waals surface area contributed by atoms with Crippen LogP contribution in [0.4, 0.5) is 11.4 Å². The number of rotatable bonds is 6. The van der Waals surface area contributed by atoms with Crippen LogP contribution in [0, 0.1) is 24.0 Å². The highest BCUT2D eigenvalue weighted by molar-refractivity contribution is 6.35. The fourth-order valence-corrected chi connectivity index (χ4v) is 4.12. The van der Waals surface area contributed by atoms with Gasteiger partial charge in [-0.25, -0.2) is 4.90 Å². The summed E-state index contributed by atoms with van der Waals surface area (Å²) in [5.41, 5.74) is 2.95. The number of hydrogen-bond acceptors (Lipinski definition) is 6. The Bertz CT molecular complexity index is 1610. The average Bonchev–Trinajstić information content (AvgIpc) is 3.15. The molecule has 37 heavy (non-hydrogen) atoms. The number of anilines is 1. The van der Waals surface area contributed by atoms with Crippen LogP contribution < -0.4 is 9.64 Å². The number of hydrogen-bond donors (Lipinski definition) is 0. The minimum Gasteiger partial charge on any atom is -0.457 e. The lowest BCUT2D eigenvalue weighted by Crippen LogP contribution is -2.29. The molecular formula is C29H20N2O6. The van der Waals surface area contributed by atoms with E-state index in [1.807, 2.05) is 32.0 Å². The highest BCUT2D eigenvalue weighted by Gasteiger charge is 2.37. The number of nitro groups is 1. The number of nitro benzene ring substituents is 1. The number of carbonyl (C=O) groups is 3. The van der Waals surface area contributed by atoms with E-state index >= 15 is 0 Å². The van der Waals surface area contributed by atoms with E-state index in [1.165, 1.54) is 42.5 Å². The summed E-state index contributed by atoms with van der Waals surface area (Å²) >= 11 is 0. The number of non-ortho nitro benzene ring substituents is 1. The van der Waals surface area contributed by atoms with E-state index in [4.69, 9.17) is 4.74 Å². The van der Waals surface area contributed by atoms with Crippen molar-refractivity contribution in [2.45, 2.75) is 13.8 Å². The van der Waals surface area contributed by atoms with Crippen molar-refractivity contribution in [2.75, 3.05) is 4.90 Å². The summed E-state index contributed by atoms with van der Waals surface area (Å²) in [5, 5.41) is 11.1. The van der Waals surface area contributed by atoms with Crippen LogP contribution in [-0.2, 0) is 0 Å². The van der Waals surface area contributed by atoms with Gasteiger partial charge in [0.2, 0.25) is 0 Å². The fourth-order valence-electron chi connectivity index (χ4n) is 4.12. The topological polar surface area (TPSA) is 107 Å². The van der Waals surface area contributed by atoms with Crippen molar-refractivity contribution in [3.05, 3.63) is 128 Å². The molecule has 1 aliphatic heterocycles. The molecule has 0 radical (unpaired) electrons. The third-order valence-electron chi connectivity index (χ3n) is 6.28. The number of ketones is 1. The maximum atomic E-state index is 13.2. The summed E-state index contributed by atoms with van der Waals surface area (Å²) < 4.78 is 5.89. The molecule has 8 nitrogen and oxygen atoms in total. The van der Waals surface area contributed by atoms with Crippen molar-refractivity contribution in [2.24, 2.45) is 0 Å². The summed E-state index contributed by atoms with van der Waals surface area (Å²) in [6, 6.07) is 21.9. The van der Waals surface area contributed by atoms with Crippen LogP contribution in [-0.4, -0.2) is 22.5 Å². The third kappa shape index (κ3) is 4.36. The zero-order valence-corrected chi connectivity index (χ0v) is 19.9. The molecule has 0 spiro atoms. The Morgan fingerprint density at radius 3 is 2.14 bits per heavy atom. The molecule has 0 fully saturated rings. The Kier molecular flexibility index (Phi) is 5.85. The number of fused-ring (bicyclic) bond motifs is 1. The van der Waals surface area contributed by atoms with Crippen LogP contribution in [0.1, 0.15) is 47.8 Å². The van der Waals surface area contributed by atoms with E-state index in [0.717, 1.165) is 16.0 Å². The molecule has 0 bridgehead atoms. The van der Waals surface area contributed by atoms with Gasteiger partial charge in [-0.05, 0) is 73.5 Å². The summed E-state index contributed by atoms with van der Waals surface area (Å²) in [6.45, 7) is 4.01. The van der Waals surface area contributed by atoms with E-state index in [2.05, 4.69) is 0 Å². The highest BCUT2D eigenvalue weighted by atomic mass is 16.6. The molecule has 0 aliphatic carbocycles. The quantitative estimate of drug-likeness (QED) is 0.141. The lowest BCUT2D eigenvalue weighted by Gasteiger charge is -2.15. The largest absolute Gasteiger partial charge is 0.457 e. The van der Waals surface area contributed by atoms with E-state index in [-0.39, 0.29) is 27.9 Å². The second-order valence-electron chi connectivity index (χ2n) is 8.68. The number of nitrogens with zero attached hydrogens (tertiary/aromatic N) is 2. The molecule has 4 aromatic rings. The van der Waals surface area contributed by atoms with Crippen molar-refractivity contribution < 1.29 is 24.0 Å². The Hall–Kier alpha value is -5.11. The molecule has 0 saturated heterocycles. The van der Waals surface area contributed by atoms with Crippen molar-refractivity contribution in [1.82, 2.24) is 0 Å². The molecule has 0 aromatic heterocycles. The van der Waals surface area contributed by atoms with Crippen molar-refractivity contribution in [3.8, 4) is 11.5 Å². The predicted octanol–water partition coefficient (Wildman–Crippen LogP) is 6.04. The van der Waals surface area contributed by atoms with Gasteiger partial charge in [-0.1, -0.05) is 24.3 Å². The van der Waals surface area contributed by atoms with E-state index < -0.39 is 22.5 Å². The van der Waals surface area contributed by atoms with E-state index in [1.54, 1.807) is 24.3 Å². The van der Waals surface area contributed by atoms with Crippen LogP contribution >= 0.6 is 0 Å². The summed E-state index contributed by atoms with van der Waals surface area (Å²) in [7, 11) is 0. The fraction of sp³-hybridized carbons (Fsp3) is 0.0690. The van der Waals surface area contributed by atoms with E-state index in [9.17, 15) is 24.5 Å². The summed E-state index contributed by atoms with van der Waals surface area (Å²) in [6.07, 6.45) is 0. The first kappa shape index (κ1) is 23.6. The Labute approximate surface area is 211 Å². The maximum Gasteiger partial charge on any atom is 0.270 e. The second kappa shape index (κ2) is 9.16. The molecule has 4 aromatic carbocycles. The van der Waals surface area contributed by atoms with Crippen LogP contribution in [0.5, 0.6) is 11.5 Å². The van der Waals surface area contributed by atoms with Gasteiger partial charge >= 0.3 is 0 Å². The molecule has 1 aliphatic rings. The maximum absolute atomic E-state index is 13.2. The zero-order valence-electron chi connectivity index (χ0n) is 19.9. The molecule has 5 rings (SSSR count). The predicted molar refractivity (Wildman–Crippen MR) is 137 cm³/mol. The molecule has 1 heterocycles. The van der Waals surface area contributed by atoms with Gasteiger partial charge in [0.25, 0.3) is 17.5 Å². The number of benzene rings is 4. The SMILES string of the molecule is Cc1ccc(Oc2ccc(N3C(=O)c4ccc(C(=O)c5cccc([N+](=O)[O-])c5)cc4C3=O)cc2)cc1C. The molecule has 0 saturated carbocycles. The van der Waals surface area contributed by atoms with Gasteiger partial charge in [0.1, 0.15) is 11.5 Å². The summed E-state index contributed by atoms with van der Waals surface area (Å²) in [5.74, 6) is -0.322. The lowest BCUT2D eigenvalue weighted by atomic mass is 9.99. The standard InChI is InChI=1S/C29H20N2O6/c1-17-6-10-24(14-18(17)2)37-23-11-8-21(9-12-23)30-28(33)25-13-7-20(16-26(25)29(30)34)27(32)19-4-3-5-22(15-19)31(35)36/h3-16H,1-2H3. The average molecular weight is 492 g/mol.